The number of carbonyl (C=O) groups excluding carboxylic acids is 2. The van der Waals surface area contributed by atoms with Gasteiger partial charge in [-0.15, -0.1) is 0 Å². The van der Waals surface area contributed by atoms with Crippen LogP contribution in [0.4, 0.5) is 0 Å². The van der Waals surface area contributed by atoms with E-state index in [2.05, 4.69) is 13.2 Å². The van der Waals surface area contributed by atoms with E-state index in [-0.39, 0.29) is 55.7 Å². The zero-order valence-corrected chi connectivity index (χ0v) is 25.1. The number of benzene rings is 2. The van der Waals surface area contributed by atoms with E-state index in [4.69, 9.17) is 66.1 Å². The Morgan fingerprint density at radius 2 is 0.974 bits per heavy atom. The van der Waals surface area contributed by atoms with Crippen LogP contribution in [0.1, 0.15) is 13.8 Å². The number of hydrogen-bond donors (Lipinski definition) is 2. The fourth-order valence-electron chi connectivity index (χ4n) is 1.46. The molecule has 0 aliphatic carbocycles. The van der Waals surface area contributed by atoms with Crippen LogP contribution in [0.5, 0.6) is 11.5 Å². The summed E-state index contributed by atoms with van der Waals surface area (Å²) in [7, 11) is 0. The van der Waals surface area contributed by atoms with Crippen molar-refractivity contribution >= 4 is 93.3 Å². The van der Waals surface area contributed by atoms with Gasteiger partial charge in [0, 0.05) is 21.2 Å². The normalized spacial score (nSPS) is 8.77. The molecule has 0 bridgehead atoms. The molecular formula is C24H22Cl4MgO10. The van der Waals surface area contributed by atoms with E-state index in [1.165, 1.54) is 38.1 Å². The third-order valence-electron chi connectivity index (χ3n) is 3.21. The van der Waals surface area contributed by atoms with Gasteiger partial charge < -0.3 is 39.5 Å². The van der Waals surface area contributed by atoms with Gasteiger partial charge in [-0.2, -0.15) is 0 Å². The Hall–Kier alpha value is -2.67. The quantitative estimate of drug-likeness (QED) is 0.324. The average Bonchev–Trinajstić information content (AvgIpc) is 2.79. The second-order valence-corrected chi connectivity index (χ2v) is 8.33. The minimum Gasteiger partial charge on any atom is -0.546 e. The van der Waals surface area contributed by atoms with Crippen molar-refractivity contribution in [1.29, 1.82) is 0 Å². The van der Waals surface area contributed by atoms with Gasteiger partial charge in [0.2, 0.25) is 0 Å². The van der Waals surface area contributed by atoms with E-state index in [0.717, 1.165) is 0 Å². The van der Waals surface area contributed by atoms with Crippen LogP contribution in [-0.4, -0.2) is 70.4 Å². The van der Waals surface area contributed by atoms with Crippen molar-refractivity contribution in [1.82, 2.24) is 0 Å². The predicted molar refractivity (Wildman–Crippen MR) is 145 cm³/mol. The summed E-state index contributed by atoms with van der Waals surface area (Å²) in [5, 5.41) is 37.3. The summed E-state index contributed by atoms with van der Waals surface area (Å²) in [4.78, 5) is 39.3. The molecule has 0 fully saturated rings. The molecule has 0 spiro atoms. The molecule has 0 radical (unpaired) electrons. The molecule has 0 aliphatic heterocycles. The number of hydrogen-bond acceptors (Lipinski definition) is 8. The molecule has 2 rings (SSSR count). The van der Waals surface area contributed by atoms with Crippen molar-refractivity contribution in [2.24, 2.45) is 0 Å². The van der Waals surface area contributed by atoms with Crippen LogP contribution < -0.4 is 19.7 Å². The minimum atomic E-state index is -1.30. The summed E-state index contributed by atoms with van der Waals surface area (Å²) in [5.41, 5.74) is 0.352. The van der Waals surface area contributed by atoms with E-state index in [1.54, 1.807) is 12.1 Å². The number of carboxylic acid groups (broad SMARTS) is 4. The molecule has 0 aliphatic rings. The van der Waals surface area contributed by atoms with Crippen molar-refractivity contribution in [3.63, 3.8) is 0 Å². The van der Waals surface area contributed by atoms with Gasteiger partial charge in [-0.1, -0.05) is 59.6 Å². The van der Waals surface area contributed by atoms with Crippen molar-refractivity contribution in [3.8, 4) is 11.5 Å². The van der Waals surface area contributed by atoms with E-state index >= 15 is 0 Å². The first-order valence-electron chi connectivity index (χ1n) is 9.80. The Kier molecular flexibility index (Phi) is 23.2. The summed E-state index contributed by atoms with van der Waals surface area (Å²) < 4.78 is 9.60. The first kappa shape index (κ1) is 40.8. The SMILES string of the molecule is C=C(C)C(=O)O.C=C(C)C(=O)O.O=C([O-])COc1ccc(Cl)cc1Cl.O=C([O-])COc1ccc(Cl)cc1Cl.[Mg+2]. The van der Waals surface area contributed by atoms with E-state index in [0.29, 0.717) is 10.0 Å². The predicted octanol–water partition coefficient (Wildman–Crippen LogP) is 3.16. The topological polar surface area (TPSA) is 173 Å². The van der Waals surface area contributed by atoms with E-state index in [9.17, 15) is 29.4 Å². The van der Waals surface area contributed by atoms with Gasteiger partial charge in [0.25, 0.3) is 0 Å². The van der Waals surface area contributed by atoms with Gasteiger partial charge >= 0.3 is 35.0 Å². The molecule has 0 aromatic heterocycles. The molecule has 0 heterocycles. The maximum atomic E-state index is 10.0. The Morgan fingerprint density at radius 3 is 1.15 bits per heavy atom. The molecule has 0 saturated heterocycles. The summed E-state index contributed by atoms with van der Waals surface area (Å²) in [6.07, 6.45) is 0. The molecule has 10 nitrogen and oxygen atoms in total. The molecule has 39 heavy (non-hydrogen) atoms. The first-order chi connectivity index (χ1) is 17.5. The summed E-state index contributed by atoms with van der Waals surface area (Å²) in [6.45, 7) is 8.15. The Morgan fingerprint density at radius 1 is 0.718 bits per heavy atom. The van der Waals surface area contributed by atoms with Gasteiger partial charge in [0.1, 0.15) is 24.7 Å². The fraction of sp³-hybridized carbons (Fsp3) is 0.167. The van der Waals surface area contributed by atoms with Gasteiger partial charge in [-0.3, -0.25) is 0 Å². The first-order valence-corrected chi connectivity index (χ1v) is 11.3. The number of rotatable bonds is 8. The van der Waals surface area contributed by atoms with Crippen LogP contribution in [-0.2, 0) is 19.2 Å². The Labute approximate surface area is 260 Å². The van der Waals surface area contributed by atoms with E-state index in [1.807, 2.05) is 0 Å². The van der Waals surface area contributed by atoms with E-state index < -0.39 is 37.1 Å². The summed E-state index contributed by atoms with van der Waals surface area (Å²) in [6, 6.07) is 9.03. The second-order valence-electron chi connectivity index (χ2n) is 6.64. The van der Waals surface area contributed by atoms with Crippen molar-refractivity contribution in [3.05, 3.63) is 80.8 Å². The molecule has 15 heteroatoms. The Bertz CT molecular complexity index is 1040. The number of carboxylic acids is 4. The molecule has 208 valence electrons. The standard InChI is InChI=1S/2C8H6Cl2O3.2C4H6O2.Mg/c2*9-5-1-2-7(6(10)3-5)13-4-8(11)12;2*1-3(2)4(5)6;/h2*1-3H,4H2,(H,11,12);2*1H2,2H3,(H,5,6);/q;;;;+2/p-2. The van der Waals surface area contributed by atoms with Gasteiger partial charge in [-0.05, 0) is 50.2 Å². The number of halogens is 4. The molecular weight excluding hydrogens is 614 g/mol. The maximum Gasteiger partial charge on any atom is 2.00 e. The van der Waals surface area contributed by atoms with Crippen LogP contribution in [0.15, 0.2) is 60.7 Å². The molecule has 0 saturated carbocycles. The van der Waals surface area contributed by atoms with Crippen molar-refractivity contribution < 1.29 is 49.1 Å². The summed E-state index contributed by atoms with van der Waals surface area (Å²) >= 11 is 22.6. The zero-order chi connectivity index (χ0) is 30.0. The molecule has 0 atom stereocenters. The number of aliphatic carboxylic acids is 4. The van der Waals surface area contributed by atoms with Gasteiger partial charge in [-0.25, -0.2) is 9.59 Å². The van der Waals surface area contributed by atoms with Crippen molar-refractivity contribution in [2.75, 3.05) is 13.2 Å². The largest absolute Gasteiger partial charge is 2.00 e. The third-order valence-corrected chi connectivity index (χ3v) is 4.27. The van der Waals surface area contributed by atoms with Crippen LogP contribution in [0, 0.1) is 0 Å². The molecule has 2 aromatic carbocycles. The second kappa shape index (κ2) is 22.2. The van der Waals surface area contributed by atoms with Crippen LogP contribution in [0.3, 0.4) is 0 Å². The molecule has 2 aromatic rings. The van der Waals surface area contributed by atoms with Crippen molar-refractivity contribution in [2.45, 2.75) is 13.8 Å². The molecule has 0 amide bonds. The summed E-state index contributed by atoms with van der Waals surface area (Å²) in [5.74, 6) is -3.92. The Balaban J connectivity index is -0.000000469. The van der Waals surface area contributed by atoms with Crippen LogP contribution >= 0.6 is 46.4 Å². The fourth-order valence-corrected chi connectivity index (χ4v) is 2.38. The van der Waals surface area contributed by atoms with Gasteiger partial charge in [0.15, 0.2) is 0 Å². The number of ether oxygens (including phenoxy) is 2. The maximum absolute atomic E-state index is 10.0. The minimum absolute atomic E-state index is 0. The molecule has 0 unspecified atom stereocenters. The van der Waals surface area contributed by atoms with Gasteiger partial charge in [0.05, 0.1) is 22.0 Å². The molecule has 2 N–H and O–H groups in total. The number of carbonyl (C=O) groups is 4. The zero-order valence-electron chi connectivity index (χ0n) is 20.7. The third kappa shape index (κ3) is 23.0. The van der Waals surface area contributed by atoms with Crippen LogP contribution in [0.25, 0.3) is 0 Å². The average molecular weight is 637 g/mol. The smallest absolute Gasteiger partial charge is 0.546 e. The monoisotopic (exact) mass is 634 g/mol. The van der Waals surface area contributed by atoms with Crippen LogP contribution in [0.2, 0.25) is 20.1 Å².